The van der Waals surface area contributed by atoms with Gasteiger partial charge in [-0.3, -0.25) is 4.79 Å². The second-order valence-corrected chi connectivity index (χ2v) is 5.38. The Kier molecular flexibility index (Phi) is 3.77. The second-order valence-electron chi connectivity index (χ2n) is 5.38. The van der Waals surface area contributed by atoms with Gasteiger partial charge in [-0.2, -0.15) is 13.2 Å². The van der Waals surface area contributed by atoms with Crippen molar-refractivity contribution < 1.29 is 23.1 Å². The predicted octanol–water partition coefficient (Wildman–Crippen LogP) is 2.60. The van der Waals surface area contributed by atoms with E-state index in [4.69, 9.17) is 0 Å². The molecule has 0 bridgehead atoms. The van der Waals surface area contributed by atoms with Gasteiger partial charge in [-0.05, 0) is 49.9 Å². The van der Waals surface area contributed by atoms with Gasteiger partial charge >= 0.3 is 6.18 Å². The van der Waals surface area contributed by atoms with Crippen LogP contribution in [0.3, 0.4) is 0 Å². The molecule has 0 saturated heterocycles. The molecule has 2 N–H and O–H groups in total. The van der Waals surface area contributed by atoms with Crippen molar-refractivity contribution in [1.29, 1.82) is 0 Å². The van der Waals surface area contributed by atoms with Gasteiger partial charge in [0.15, 0.2) is 0 Å². The number of amides is 1. The van der Waals surface area contributed by atoms with Crippen LogP contribution in [-0.2, 0) is 6.18 Å². The van der Waals surface area contributed by atoms with Crippen LogP contribution in [0.1, 0.15) is 35.7 Å². The Morgan fingerprint density at radius 2 is 1.85 bits per heavy atom. The number of hydrogen-bond donors (Lipinski definition) is 2. The first-order valence-corrected chi connectivity index (χ1v) is 6.37. The summed E-state index contributed by atoms with van der Waals surface area (Å²) in [6, 6.07) is 4.04. The number of hydrogen-bond acceptors (Lipinski definition) is 2. The van der Waals surface area contributed by atoms with Crippen molar-refractivity contribution in [2.75, 3.05) is 6.61 Å². The summed E-state index contributed by atoms with van der Waals surface area (Å²) in [4.78, 5) is 12.0. The van der Waals surface area contributed by atoms with E-state index in [9.17, 15) is 23.1 Å². The molecule has 1 amide bonds. The van der Waals surface area contributed by atoms with Gasteiger partial charge in [0, 0.05) is 5.56 Å². The number of benzene rings is 1. The molecule has 1 aliphatic carbocycles. The molecule has 1 aromatic rings. The Hall–Kier alpha value is -1.56. The number of aliphatic hydroxyl groups excluding tert-OH is 1. The van der Waals surface area contributed by atoms with E-state index in [2.05, 4.69) is 5.32 Å². The molecule has 0 aromatic heterocycles. The van der Waals surface area contributed by atoms with Gasteiger partial charge in [0.05, 0.1) is 17.7 Å². The van der Waals surface area contributed by atoms with Crippen LogP contribution in [0, 0.1) is 5.92 Å². The first kappa shape index (κ1) is 14.8. The summed E-state index contributed by atoms with van der Waals surface area (Å²) in [5.41, 5.74) is -1.35. The molecule has 1 saturated carbocycles. The Balaban J connectivity index is 2.09. The zero-order valence-electron chi connectivity index (χ0n) is 11.0. The molecule has 20 heavy (non-hydrogen) atoms. The van der Waals surface area contributed by atoms with Gasteiger partial charge < -0.3 is 10.4 Å². The molecule has 1 fully saturated rings. The van der Waals surface area contributed by atoms with E-state index in [0.717, 1.165) is 37.1 Å². The van der Waals surface area contributed by atoms with Crippen LogP contribution in [0.2, 0.25) is 0 Å². The van der Waals surface area contributed by atoms with Crippen LogP contribution in [0.15, 0.2) is 24.3 Å². The molecule has 6 heteroatoms. The topological polar surface area (TPSA) is 49.3 Å². The lowest BCUT2D eigenvalue weighted by molar-refractivity contribution is -0.137. The molecule has 1 unspecified atom stereocenters. The van der Waals surface area contributed by atoms with E-state index in [0.29, 0.717) is 0 Å². The van der Waals surface area contributed by atoms with Crippen molar-refractivity contribution in [3.63, 3.8) is 0 Å². The van der Waals surface area contributed by atoms with Crippen LogP contribution in [0.25, 0.3) is 0 Å². The maximum Gasteiger partial charge on any atom is 0.416 e. The second kappa shape index (κ2) is 5.09. The first-order valence-electron chi connectivity index (χ1n) is 6.37. The molecule has 0 radical (unpaired) electrons. The molecule has 1 aliphatic rings. The summed E-state index contributed by atoms with van der Waals surface area (Å²) in [6.45, 7) is 1.55. The SMILES string of the molecule is CC(CO)(NC(=O)c1ccc(C(F)(F)F)cc1)C1CC1. The van der Waals surface area contributed by atoms with Crippen molar-refractivity contribution in [3.05, 3.63) is 35.4 Å². The highest BCUT2D eigenvalue weighted by Gasteiger charge is 2.42. The lowest BCUT2D eigenvalue weighted by Gasteiger charge is -2.28. The average Bonchev–Trinajstić information content (AvgIpc) is 3.22. The fourth-order valence-electron chi connectivity index (χ4n) is 2.13. The Labute approximate surface area is 114 Å². The zero-order chi connectivity index (χ0) is 15.0. The number of rotatable bonds is 4. The van der Waals surface area contributed by atoms with E-state index >= 15 is 0 Å². The Bertz CT molecular complexity index is 494. The summed E-state index contributed by atoms with van der Waals surface area (Å²) in [7, 11) is 0. The van der Waals surface area contributed by atoms with Gasteiger partial charge in [0.1, 0.15) is 0 Å². The Morgan fingerprint density at radius 3 is 2.25 bits per heavy atom. The summed E-state index contributed by atoms with van der Waals surface area (Å²) in [5.74, 6) is -0.243. The van der Waals surface area contributed by atoms with Crippen molar-refractivity contribution >= 4 is 5.91 Å². The third kappa shape index (κ3) is 3.12. The molecule has 110 valence electrons. The fourth-order valence-corrected chi connectivity index (χ4v) is 2.13. The lowest BCUT2D eigenvalue weighted by atomic mass is 9.96. The minimum absolute atomic E-state index is 0.151. The third-order valence-corrected chi connectivity index (χ3v) is 3.68. The predicted molar refractivity (Wildman–Crippen MR) is 67.1 cm³/mol. The highest BCUT2D eigenvalue weighted by molar-refractivity contribution is 5.94. The molecule has 0 spiro atoms. The summed E-state index contributed by atoms with van der Waals surface area (Å²) >= 11 is 0. The summed E-state index contributed by atoms with van der Waals surface area (Å²) in [5, 5.41) is 12.1. The third-order valence-electron chi connectivity index (χ3n) is 3.68. The maximum atomic E-state index is 12.4. The van der Waals surface area contributed by atoms with Gasteiger partial charge in [-0.25, -0.2) is 0 Å². The van der Waals surface area contributed by atoms with Crippen LogP contribution in [-0.4, -0.2) is 23.2 Å². The van der Waals surface area contributed by atoms with Crippen LogP contribution in [0.4, 0.5) is 13.2 Å². The van der Waals surface area contributed by atoms with Crippen LogP contribution >= 0.6 is 0 Å². The minimum Gasteiger partial charge on any atom is -0.394 e. The highest BCUT2D eigenvalue weighted by Crippen LogP contribution is 2.39. The van der Waals surface area contributed by atoms with Crippen LogP contribution in [0.5, 0.6) is 0 Å². The number of aliphatic hydroxyl groups is 1. The quantitative estimate of drug-likeness (QED) is 0.894. The van der Waals surface area contributed by atoms with E-state index in [1.54, 1.807) is 6.92 Å². The summed E-state index contributed by atoms with van der Waals surface area (Å²) in [6.07, 6.45) is -2.54. The van der Waals surface area contributed by atoms with Gasteiger partial charge in [-0.15, -0.1) is 0 Å². The van der Waals surface area contributed by atoms with Crippen molar-refractivity contribution in [3.8, 4) is 0 Å². The fraction of sp³-hybridized carbons (Fsp3) is 0.500. The van der Waals surface area contributed by atoms with Gasteiger partial charge in [0.25, 0.3) is 5.91 Å². The van der Waals surface area contributed by atoms with E-state index in [1.807, 2.05) is 0 Å². The standard InChI is InChI=1S/C14H16F3NO2/c1-13(8-19,10-6-7-10)18-12(20)9-2-4-11(5-3-9)14(15,16)17/h2-5,10,19H,6-8H2,1H3,(H,18,20). The molecule has 2 rings (SSSR count). The molecular weight excluding hydrogens is 271 g/mol. The van der Waals surface area contributed by atoms with Gasteiger partial charge in [0.2, 0.25) is 0 Å². The zero-order valence-corrected chi connectivity index (χ0v) is 11.0. The monoisotopic (exact) mass is 287 g/mol. The number of nitrogens with one attached hydrogen (secondary N) is 1. The molecule has 3 nitrogen and oxygen atoms in total. The number of carbonyl (C=O) groups excluding carboxylic acids is 1. The van der Waals surface area contributed by atoms with E-state index in [-0.39, 0.29) is 18.1 Å². The highest BCUT2D eigenvalue weighted by atomic mass is 19.4. The van der Waals surface area contributed by atoms with E-state index < -0.39 is 23.2 Å². The molecule has 0 aliphatic heterocycles. The van der Waals surface area contributed by atoms with Crippen molar-refractivity contribution in [2.24, 2.45) is 5.92 Å². The average molecular weight is 287 g/mol. The largest absolute Gasteiger partial charge is 0.416 e. The molecule has 0 heterocycles. The minimum atomic E-state index is -4.41. The van der Waals surface area contributed by atoms with Crippen LogP contribution < -0.4 is 5.32 Å². The molecule has 1 aromatic carbocycles. The normalized spacial score (nSPS) is 18.4. The molecular formula is C14H16F3NO2. The molecule has 1 atom stereocenters. The number of halogens is 3. The summed E-state index contributed by atoms with van der Waals surface area (Å²) < 4.78 is 37.3. The number of alkyl halides is 3. The number of carbonyl (C=O) groups is 1. The lowest BCUT2D eigenvalue weighted by Crippen LogP contribution is -2.50. The van der Waals surface area contributed by atoms with Gasteiger partial charge in [-0.1, -0.05) is 0 Å². The van der Waals surface area contributed by atoms with E-state index in [1.165, 1.54) is 0 Å². The first-order chi connectivity index (χ1) is 9.26. The van der Waals surface area contributed by atoms with Crippen molar-refractivity contribution in [1.82, 2.24) is 5.32 Å². The van der Waals surface area contributed by atoms with Crippen molar-refractivity contribution in [2.45, 2.75) is 31.5 Å². The Morgan fingerprint density at radius 1 is 1.30 bits per heavy atom. The maximum absolute atomic E-state index is 12.4. The smallest absolute Gasteiger partial charge is 0.394 e.